The second-order valence-corrected chi connectivity index (χ2v) is 6.14. The fraction of sp³-hybridized carbons (Fsp3) is 0.0952. The highest BCUT2D eigenvalue weighted by atomic mass is 16.1. The Morgan fingerprint density at radius 1 is 1.00 bits per heavy atom. The summed E-state index contributed by atoms with van der Waals surface area (Å²) in [7, 11) is 0. The van der Waals surface area contributed by atoms with Crippen LogP contribution in [0.2, 0.25) is 0 Å². The van der Waals surface area contributed by atoms with Crippen LogP contribution in [-0.2, 0) is 6.42 Å². The summed E-state index contributed by atoms with van der Waals surface area (Å²) in [6.45, 7) is 0.707. The number of carbonyl (C=O) groups is 1. The molecule has 0 aliphatic heterocycles. The van der Waals surface area contributed by atoms with Crippen LogP contribution in [0.1, 0.15) is 16.1 Å². The summed E-state index contributed by atoms with van der Waals surface area (Å²) in [6.07, 6.45) is 4.28. The van der Waals surface area contributed by atoms with Crippen LogP contribution in [0.3, 0.4) is 0 Å². The van der Waals surface area contributed by atoms with Gasteiger partial charge in [-0.25, -0.2) is 9.97 Å². The second-order valence-electron chi connectivity index (χ2n) is 6.14. The van der Waals surface area contributed by atoms with E-state index in [-0.39, 0.29) is 5.91 Å². The van der Waals surface area contributed by atoms with Crippen LogP contribution in [0.4, 0.5) is 11.5 Å². The van der Waals surface area contributed by atoms with Crippen LogP contribution in [0, 0.1) is 0 Å². The Labute approximate surface area is 156 Å². The predicted molar refractivity (Wildman–Crippen MR) is 107 cm³/mol. The second kappa shape index (κ2) is 7.70. The van der Waals surface area contributed by atoms with Crippen molar-refractivity contribution in [2.24, 2.45) is 0 Å². The third-order valence-corrected chi connectivity index (χ3v) is 4.31. The fourth-order valence-electron chi connectivity index (χ4n) is 2.96. The lowest BCUT2D eigenvalue weighted by molar-refractivity contribution is 0.102. The maximum Gasteiger partial charge on any atom is 0.274 e. The van der Waals surface area contributed by atoms with Crippen molar-refractivity contribution in [3.8, 4) is 0 Å². The zero-order valence-corrected chi connectivity index (χ0v) is 14.6. The molecule has 6 nitrogen and oxygen atoms in total. The van der Waals surface area contributed by atoms with Gasteiger partial charge in [0, 0.05) is 35.4 Å². The number of anilines is 2. The van der Waals surface area contributed by atoms with Crippen LogP contribution < -0.4 is 10.6 Å². The highest BCUT2D eigenvalue weighted by Gasteiger charge is 2.09. The molecule has 134 valence electrons. The van der Waals surface area contributed by atoms with Crippen molar-refractivity contribution in [1.82, 2.24) is 15.0 Å². The number of rotatable bonds is 6. The largest absolute Gasteiger partial charge is 0.370 e. The minimum atomic E-state index is -0.261. The van der Waals surface area contributed by atoms with Crippen molar-refractivity contribution < 1.29 is 4.79 Å². The fourth-order valence-corrected chi connectivity index (χ4v) is 2.96. The van der Waals surface area contributed by atoms with Gasteiger partial charge in [0.05, 0.1) is 0 Å². The van der Waals surface area contributed by atoms with Crippen molar-refractivity contribution in [2.45, 2.75) is 6.42 Å². The summed E-state index contributed by atoms with van der Waals surface area (Å²) < 4.78 is 0. The molecule has 27 heavy (non-hydrogen) atoms. The molecule has 0 unspecified atom stereocenters. The number of carbonyl (C=O) groups excluding carboxylic acids is 1. The maximum atomic E-state index is 12.3. The molecule has 0 bridgehead atoms. The number of fused-ring (bicyclic) bond motifs is 1. The van der Waals surface area contributed by atoms with Gasteiger partial charge >= 0.3 is 0 Å². The van der Waals surface area contributed by atoms with E-state index >= 15 is 0 Å². The van der Waals surface area contributed by atoms with Gasteiger partial charge in [0.2, 0.25) is 0 Å². The Bertz CT molecular complexity index is 1060. The summed E-state index contributed by atoms with van der Waals surface area (Å²) in [5.74, 6) is 0.367. The number of benzene rings is 2. The van der Waals surface area contributed by atoms with E-state index in [0.717, 1.165) is 17.6 Å². The topological polar surface area (TPSA) is 82.7 Å². The monoisotopic (exact) mass is 357 g/mol. The molecule has 0 aliphatic carbocycles. The molecule has 0 saturated heterocycles. The summed E-state index contributed by atoms with van der Waals surface area (Å²) in [4.78, 5) is 23.9. The van der Waals surface area contributed by atoms with Gasteiger partial charge in [0.25, 0.3) is 5.91 Å². The molecule has 4 aromatic rings. The Morgan fingerprint density at radius 3 is 2.70 bits per heavy atom. The summed E-state index contributed by atoms with van der Waals surface area (Å²) >= 11 is 0. The first-order chi connectivity index (χ1) is 13.3. The minimum absolute atomic E-state index is 0.261. The zero-order valence-electron chi connectivity index (χ0n) is 14.6. The van der Waals surface area contributed by atoms with Gasteiger partial charge in [-0.1, -0.05) is 36.4 Å². The van der Waals surface area contributed by atoms with E-state index in [9.17, 15) is 4.79 Å². The molecular formula is C21H19N5O. The number of nitrogens with zero attached hydrogens (tertiary/aromatic N) is 2. The number of hydrogen-bond acceptors (Lipinski definition) is 4. The summed E-state index contributed by atoms with van der Waals surface area (Å²) in [5, 5.41) is 7.31. The highest BCUT2D eigenvalue weighted by Crippen LogP contribution is 2.18. The van der Waals surface area contributed by atoms with Gasteiger partial charge in [-0.15, -0.1) is 0 Å². The number of amides is 1. The van der Waals surface area contributed by atoms with Gasteiger partial charge in [-0.2, -0.15) is 0 Å². The molecule has 0 saturated carbocycles. The number of nitrogens with one attached hydrogen (secondary N) is 3. The van der Waals surface area contributed by atoms with Gasteiger partial charge in [0.1, 0.15) is 17.8 Å². The van der Waals surface area contributed by atoms with Crippen LogP contribution in [0.5, 0.6) is 0 Å². The molecule has 2 heterocycles. The molecule has 0 aliphatic rings. The lowest BCUT2D eigenvalue weighted by Gasteiger charge is -2.07. The normalized spacial score (nSPS) is 10.7. The molecule has 0 radical (unpaired) electrons. The van der Waals surface area contributed by atoms with Crippen molar-refractivity contribution in [2.75, 3.05) is 17.2 Å². The molecule has 0 spiro atoms. The van der Waals surface area contributed by atoms with Gasteiger partial charge in [-0.3, -0.25) is 4.79 Å². The Kier molecular flexibility index (Phi) is 4.78. The van der Waals surface area contributed by atoms with Gasteiger partial charge in [0.15, 0.2) is 0 Å². The van der Waals surface area contributed by atoms with Crippen LogP contribution in [-0.4, -0.2) is 27.4 Å². The van der Waals surface area contributed by atoms with E-state index in [1.54, 1.807) is 6.07 Å². The van der Waals surface area contributed by atoms with Gasteiger partial charge < -0.3 is 15.6 Å². The molecule has 6 heteroatoms. The first kappa shape index (κ1) is 16.8. The van der Waals surface area contributed by atoms with Crippen molar-refractivity contribution in [3.63, 3.8) is 0 Å². The highest BCUT2D eigenvalue weighted by molar-refractivity contribution is 6.03. The van der Waals surface area contributed by atoms with E-state index in [1.165, 1.54) is 17.3 Å². The molecule has 2 aromatic carbocycles. The molecule has 0 atom stereocenters. The zero-order chi connectivity index (χ0) is 18.5. The van der Waals surface area contributed by atoms with E-state index in [1.807, 2.05) is 48.7 Å². The van der Waals surface area contributed by atoms with Crippen molar-refractivity contribution in [1.29, 1.82) is 0 Å². The van der Waals surface area contributed by atoms with E-state index in [2.05, 4.69) is 37.7 Å². The number of H-pyrrole nitrogens is 1. The third-order valence-electron chi connectivity index (χ3n) is 4.31. The minimum Gasteiger partial charge on any atom is -0.370 e. The van der Waals surface area contributed by atoms with Crippen LogP contribution in [0.15, 0.2) is 73.2 Å². The number of aromatic amines is 1. The smallest absolute Gasteiger partial charge is 0.274 e. The predicted octanol–water partition coefficient (Wildman–Crippen LogP) is 3.86. The maximum absolute atomic E-state index is 12.3. The molecular weight excluding hydrogens is 338 g/mol. The van der Waals surface area contributed by atoms with E-state index < -0.39 is 0 Å². The molecule has 1 amide bonds. The quantitative estimate of drug-likeness (QED) is 0.489. The van der Waals surface area contributed by atoms with E-state index in [4.69, 9.17) is 0 Å². The van der Waals surface area contributed by atoms with Crippen LogP contribution in [0.25, 0.3) is 10.9 Å². The number of aromatic nitrogens is 3. The lowest BCUT2D eigenvalue weighted by Crippen LogP contribution is -2.15. The first-order valence-corrected chi connectivity index (χ1v) is 8.77. The van der Waals surface area contributed by atoms with Crippen molar-refractivity contribution >= 4 is 28.3 Å². The summed E-state index contributed by atoms with van der Waals surface area (Å²) in [5.41, 5.74) is 3.43. The van der Waals surface area contributed by atoms with E-state index in [0.29, 0.717) is 18.1 Å². The Hall–Kier alpha value is -3.67. The summed E-state index contributed by atoms with van der Waals surface area (Å²) in [6, 6.07) is 19.2. The standard InChI is InChI=1S/C21H19N5O/c27-21(26-16-6-2-1-3-7-16)19-12-20(25-14-24-19)22-11-10-15-13-23-18-9-5-4-8-17(15)18/h1-9,12-14,23H,10-11H2,(H,26,27)(H,22,24,25). The molecule has 4 rings (SSSR count). The Balaban J connectivity index is 1.38. The average Bonchev–Trinajstić information content (AvgIpc) is 3.12. The third kappa shape index (κ3) is 3.95. The Morgan fingerprint density at radius 2 is 1.81 bits per heavy atom. The molecule has 2 aromatic heterocycles. The SMILES string of the molecule is O=C(Nc1ccccc1)c1cc(NCCc2c[nH]c3ccccc23)ncn1. The lowest BCUT2D eigenvalue weighted by atomic mass is 10.1. The van der Waals surface area contributed by atoms with Crippen LogP contribution >= 0.6 is 0 Å². The van der Waals surface area contributed by atoms with Crippen molar-refractivity contribution in [3.05, 3.63) is 84.4 Å². The number of hydrogen-bond donors (Lipinski definition) is 3. The average molecular weight is 357 g/mol. The molecule has 0 fully saturated rings. The first-order valence-electron chi connectivity index (χ1n) is 8.77. The molecule has 3 N–H and O–H groups in total. The number of para-hydroxylation sites is 2. The van der Waals surface area contributed by atoms with Gasteiger partial charge in [-0.05, 0) is 30.2 Å².